The molecular weight excluding hydrogens is 1790 g/mol. The van der Waals surface area contributed by atoms with Crippen LogP contribution in [0.15, 0.2) is 152 Å². The second-order valence-electron chi connectivity index (χ2n) is 34.3. The van der Waals surface area contributed by atoms with Crippen molar-refractivity contribution in [2.24, 2.45) is 11.7 Å². The van der Waals surface area contributed by atoms with Crippen LogP contribution in [0.3, 0.4) is 0 Å². The number of likely N-dealkylation sites (N-methyl/N-ethyl adjacent to an activating group) is 3. The molecule has 3 aliphatic rings. The zero-order valence-electron chi connectivity index (χ0n) is 75.7. The molecule has 16 N–H and O–H groups in total. The van der Waals surface area contributed by atoms with E-state index < -0.39 is 252 Å². The van der Waals surface area contributed by atoms with Gasteiger partial charge in [0.2, 0.25) is 88.6 Å². The van der Waals surface area contributed by atoms with Gasteiger partial charge in [-0.15, -0.1) is 11.8 Å². The first-order valence-corrected chi connectivity index (χ1v) is 45.7. The topological polar surface area (TPSA) is 537 Å². The Morgan fingerprint density at radius 1 is 0.478 bits per heavy atom. The summed E-state index contributed by atoms with van der Waals surface area (Å²) in [6.45, 7) is 3.78. The summed E-state index contributed by atoms with van der Waals surface area (Å²) < 4.78 is 45.1. The van der Waals surface area contributed by atoms with Gasteiger partial charge in [0.25, 0.3) is 0 Å². The Morgan fingerprint density at radius 2 is 0.926 bits per heavy atom. The molecule has 0 unspecified atom stereocenters. The SMILES string of the molecule is CCCC[C@H]1C(=O)N2CCC[C@@H]2C(=O)N[C@@H](CC(=O)O)C(=O)N[C@@H](C(C)C)C(=O)N(C)[C@H](Cc2ccccc2)C(=O)N[C@@H](Cc2ccc(O)cc2)C(=O)N2CCC[C@@H]2C(=O)N[C@@H](Cc2c[nH]c3ccccc23)C(=O)N[C@@H](Cc2ccc(O)cc2)C(=O)N[C@H](CC(=O)O)C(=O)N[C@H](C(=O)NCC(N)=O)CSCC(=O)N[C@H](Cc2cc(F)c(F)c(F)c2)C(=O)N(C)[C@@H](Cc2ccccc2)C(=O)N1C. The average molecular weight is 1900 g/mol. The molecule has 37 nitrogen and oxygen atoms in total. The number of aromatic amines is 1. The van der Waals surface area contributed by atoms with Gasteiger partial charge in [-0.3, -0.25) is 81.5 Å². The smallest absolute Gasteiger partial charge is 0.305 e. The van der Waals surface area contributed by atoms with Crippen molar-refractivity contribution in [1.82, 2.24) is 77.3 Å². The number of unbranched alkanes of at least 4 members (excludes halogenated alkanes) is 1. The molecule has 6 aromatic carbocycles. The summed E-state index contributed by atoms with van der Waals surface area (Å²) in [5.74, 6) is -27.1. The lowest BCUT2D eigenvalue weighted by Gasteiger charge is -2.38. The van der Waals surface area contributed by atoms with Crippen molar-refractivity contribution in [3.63, 3.8) is 0 Å². The number of carboxylic acids is 2. The van der Waals surface area contributed by atoms with E-state index in [0.29, 0.717) is 63.5 Å². The van der Waals surface area contributed by atoms with Crippen molar-refractivity contribution in [3.05, 3.63) is 203 Å². The fourth-order valence-electron chi connectivity index (χ4n) is 16.7. The third-order valence-corrected chi connectivity index (χ3v) is 25.1. The molecular formula is C95H113F3N16O21S. The van der Waals surface area contributed by atoms with E-state index in [1.165, 1.54) is 72.4 Å². The standard InChI is InChI=1S/C95H113F3N16O21S/c1-7-8-25-74-94(134)114-37-18-27-73(114)89(129)106-68(47-80(121)122)87(127)109-82(52(2)3)95(135)111(5)75(43-53-19-11-9-12-20-53)90(130)107-70(41-56-30-34-60(116)35-31-56)92(132)113-36-17-26-72(113)88(128)105-66(45-58-48-100-64-24-16-15-23-61(58)64)85(125)103-65(40-55-28-32-59(115)33-29-55)84(124)104-67(46-79(119)120)86(126)108-71(83(123)101-49-77(99)117)50-136-51-78(118)102-69(42-57-38-62(96)81(98)63(97)39-57)91(131)112(6)76(93(133)110(74)4)44-54-21-13-10-14-22-54/h9-16,19-24,28-35,38-39,48,52,65-76,82,100,115-116H,7-8,17-18,25-27,36-37,40-47,49-51H2,1-6H3,(H2,99,117)(H,101,123)(H,102,118)(H,103,125)(H,104,124)(H,105,128)(H,106,129)(H,107,130)(H,108,126)(H,109,127)(H,119,120)(H,121,122)/t65-,66-,67+,68-,69+,70-,71-,72+,73+,74-,75+,76-,82-/m0/s1. The van der Waals surface area contributed by atoms with E-state index in [0.717, 1.165) is 21.7 Å². The summed E-state index contributed by atoms with van der Waals surface area (Å²) in [4.78, 5) is 259. The number of nitrogens with zero attached hydrogens (tertiary/aromatic N) is 5. The molecule has 7 aromatic rings. The Labute approximate surface area is 785 Å². The van der Waals surface area contributed by atoms with E-state index in [1.54, 1.807) is 112 Å². The summed E-state index contributed by atoms with van der Waals surface area (Å²) in [6, 6.07) is 13.1. The number of aromatic hydroxyl groups is 2. The van der Waals surface area contributed by atoms with Crippen LogP contribution in [0.2, 0.25) is 0 Å². The minimum absolute atomic E-state index is 0.0444. The first-order chi connectivity index (χ1) is 64.8. The maximum Gasteiger partial charge on any atom is 0.305 e. The number of fused-ring (bicyclic) bond motifs is 3. The second kappa shape index (κ2) is 48.5. The number of rotatable bonds is 23. The van der Waals surface area contributed by atoms with Crippen LogP contribution in [0.5, 0.6) is 11.5 Å². The van der Waals surface area contributed by atoms with Gasteiger partial charge in [0, 0.05) is 95.6 Å². The largest absolute Gasteiger partial charge is 0.508 e. The molecule has 0 saturated carbocycles. The van der Waals surface area contributed by atoms with E-state index in [4.69, 9.17) is 5.73 Å². The molecule has 4 heterocycles. The van der Waals surface area contributed by atoms with E-state index in [-0.39, 0.29) is 94.4 Å². The maximum absolute atomic E-state index is 15.7. The Bertz CT molecular complexity index is 5510. The van der Waals surface area contributed by atoms with Gasteiger partial charge in [0.05, 0.1) is 25.1 Å². The highest BCUT2D eigenvalue weighted by atomic mass is 32.2. The van der Waals surface area contributed by atoms with Gasteiger partial charge in [-0.25, -0.2) is 13.2 Å². The van der Waals surface area contributed by atoms with Gasteiger partial charge in [-0.1, -0.05) is 137 Å². The van der Waals surface area contributed by atoms with Crippen LogP contribution < -0.4 is 53.6 Å². The van der Waals surface area contributed by atoms with Crippen molar-refractivity contribution >= 4 is 123 Å². The van der Waals surface area contributed by atoms with Crippen molar-refractivity contribution in [3.8, 4) is 11.5 Å². The number of thioether (sulfide) groups is 1. The Morgan fingerprint density at radius 3 is 1.47 bits per heavy atom. The Balaban J connectivity index is 1.06. The molecule has 0 bridgehead atoms. The number of nitrogens with two attached hydrogens (primary N) is 1. The lowest BCUT2D eigenvalue weighted by molar-refractivity contribution is -0.152. The van der Waals surface area contributed by atoms with Crippen LogP contribution in [-0.2, 0) is 120 Å². The summed E-state index contributed by atoms with van der Waals surface area (Å²) >= 11 is 0.561. The van der Waals surface area contributed by atoms with E-state index in [9.17, 15) is 63.2 Å². The predicted octanol–water partition coefficient (Wildman–Crippen LogP) is 2.24. The van der Waals surface area contributed by atoms with Crippen LogP contribution in [-0.4, -0.2) is 281 Å². The fraction of sp³-hybridized carbons (Fsp3) is 0.421. The fourth-order valence-corrected chi connectivity index (χ4v) is 17.5. The number of para-hydroxylation sites is 1. The molecule has 136 heavy (non-hydrogen) atoms. The van der Waals surface area contributed by atoms with Gasteiger partial charge in [-0.2, -0.15) is 0 Å². The summed E-state index contributed by atoms with van der Waals surface area (Å²) in [7, 11) is 3.69. The van der Waals surface area contributed by atoms with Crippen molar-refractivity contribution in [2.75, 3.05) is 52.3 Å². The number of hydrogen-bond donors (Lipinski definition) is 15. The number of carbonyl (C=O) groups is 17. The van der Waals surface area contributed by atoms with Gasteiger partial charge in [0.15, 0.2) is 17.5 Å². The molecule has 10 rings (SSSR count). The van der Waals surface area contributed by atoms with Crippen molar-refractivity contribution in [1.29, 1.82) is 0 Å². The molecule has 3 aliphatic heterocycles. The van der Waals surface area contributed by atoms with Gasteiger partial charge in [0.1, 0.15) is 90.0 Å². The molecule has 15 amide bonds. The zero-order chi connectivity index (χ0) is 98.9. The molecule has 41 heteroatoms. The van der Waals surface area contributed by atoms with Crippen LogP contribution in [0.25, 0.3) is 10.9 Å². The number of carbonyl (C=O) groups excluding carboxylic acids is 15. The summed E-state index contributed by atoms with van der Waals surface area (Å²) in [5.41, 5.74) is 7.56. The lowest BCUT2D eigenvalue weighted by atomic mass is 9.98. The van der Waals surface area contributed by atoms with E-state index in [2.05, 4.69) is 52.8 Å². The number of nitrogens with one attached hydrogen (secondary N) is 10. The zero-order valence-corrected chi connectivity index (χ0v) is 76.6. The van der Waals surface area contributed by atoms with Crippen LogP contribution in [0.1, 0.15) is 112 Å². The van der Waals surface area contributed by atoms with Crippen LogP contribution in [0, 0.1) is 23.4 Å². The number of H-pyrrole nitrogens is 1. The van der Waals surface area contributed by atoms with Crippen molar-refractivity contribution < 1.29 is 115 Å². The second-order valence-corrected chi connectivity index (χ2v) is 35.3. The molecule has 0 spiro atoms. The van der Waals surface area contributed by atoms with Crippen LogP contribution >= 0.6 is 11.8 Å². The molecule has 3 saturated heterocycles. The minimum atomic E-state index is -2.17. The number of carboxylic acid groups (broad SMARTS) is 2. The number of hydrogen-bond acceptors (Lipinski definition) is 20. The highest BCUT2D eigenvalue weighted by Crippen LogP contribution is 2.29. The highest BCUT2D eigenvalue weighted by Gasteiger charge is 2.47. The molecule has 13 atom stereocenters. The number of amides is 15. The quantitative estimate of drug-likeness (QED) is 0.0408. The number of benzene rings is 6. The van der Waals surface area contributed by atoms with Gasteiger partial charge < -0.3 is 103 Å². The van der Waals surface area contributed by atoms with E-state index >= 15 is 51.9 Å². The average Bonchev–Trinajstić information content (AvgIpc) is 1.50. The molecule has 1 aromatic heterocycles. The number of phenols is 2. The van der Waals surface area contributed by atoms with Crippen LogP contribution in [0.4, 0.5) is 13.2 Å². The third kappa shape index (κ3) is 28.1. The highest BCUT2D eigenvalue weighted by molar-refractivity contribution is 8.00. The third-order valence-electron chi connectivity index (χ3n) is 24.1. The summed E-state index contributed by atoms with van der Waals surface area (Å²) in [6.07, 6.45) is -2.43. The lowest BCUT2D eigenvalue weighted by Crippen LogP contribution is -2.62. The van der Waals surface area contributed by atoms with Crippen molar-refractivity contribution in [2.45, 2.75) is 196 Å². The Hall–Kier alpha value is -14.4. The van der Waals surface area contributed by atoms with Gasteiger partial charge in [-0.05, 0) is 114 Å². The Kier molecular flexibility index (Phi) is 37.0. The predicted molar refractivity (Wildman–Crippen MR) is 489 cm³/mol. The molecule has 0 aliphatic carbocycles. The normalized spacial score (nSPS) is 23.2. The van der Waals surface area contributed by atoms with E-state index in [1.807, 2.05) is 0 Å². The molecule has 726 valence electrons. The number of primary amides is 1. The maximum atomic E-state index is 15.7. The number of aromatic nitrogens is 1. The van der Waals surface area contributed by atoms with Gasteiger partial charge >= 0.3 is 11.9 Å². The summed E-state index contributed by atoms with van der Waals surface area (Å²) in [5, 5.41) is 65.0. The first kappa shape index (κ1) is 104. The minimum Gasteiger partial charge on any atom is -0.508 e. The number of aliphatic carboxylic acids is 2. The molecule has 0 radical (unpaired) electrons. The molecule has 3 fully saturated rings. The monoisotopic (exact) mass is 1900 g/mol. The first-order valence-electron chi connectivity index (χ1n) is 44.5. The number of halogens is 3. The number of phenolic OH excluding ortho intramolecular Hbond substituents is 2.